The van der Waals surface area contributed by atoms with Gasteiger partial charge < -0.3 is 14.7 Å². The fraction of sp³-hybridized carbons (Fsp3) is 0.562. The molecule has 1 atom stereocenters. The van der Waals surface area contributed by atoms with Crippen LogP contribution >= 0.6 is 11.8 Å². The first-order valence-electron chi connectivity index (χ1n) is 7.24. The van der Waals surface area contributed by atoms with Crippen LogP contribution in [-0.4, -0.2) is 53.1 Å². The van der Waals surface area contributed by atoms with Crippen molar-refractivity contribution in [2.45, 2.75) is 36.9 Å². The molecule has 0 aliphatic carbocycles. The lowest BCUT2D eigenvalue weighted by Crippen LogP contribution is -2.55. The molecule has 1 amide bonds. The summed E-state index contributed by atoms with van der Waals surface area (Å²) in [6, 6.07) is 10.1. The van der Waals surface area contributed by atoms with Gasteiger partial charge in [0.2, 0.25) is 5.91 Å². The zero-order valence-corrected chi connectivity index (χ0v) is 13.4. The molecule has 21 heavy (non-hydrogen) atoms. The SMILES string of the molecule is CC1(C)CN(C(=O)CCSc2ccccc2)CC(CO)O1. The van der Waals surface area contributed by atoms with Gasteiger partial charge in [-0.25, -0.2) is 0 Å². The summed E-state index contributed by atoms with van der Waals surface area (Å²) in [5, 5.41) is 9.28. The van der Waals surface area contributed by atoms with Gasteiger partial charge in [0.15, 0.2) is 0 Å². The van der Waals surface area contributed by atoms with Crippen LogP contribution in [-0.2, 0) is 9.53 Å². The van der Waals surface area contributed by atoms with Crippen molar-refractivity contribution in [1.82, 2.24) is 4.90 Å². The second-order valence-corrected chi connectivity index (χ2v) is 7.04. The molecule has 0 radical (unpaired) electrons. The first kappa shape index (κ1) is 16.3. The van der Waals surface area contributed by atoms with Crippen LogP contribution in [0.4, 0.5) is 0 Å². The van der Waals surface area contributed by atoms with Crippen LogP contribution in [0.5, 0.6) is 0 Å². The Morgan fingerprint density at radius 3 is 2.81 bits per heavy atom. The maximum atomic E-state index is 12.3. The number of carbonyl (C=O) groups excluding carboxylic acids is 1. The molecule has 1 N–H and O–H groups in total. The third kappa shape index (κ3) is 5.02. The number of morpholine rings is 1. The third-order valence-corrected chi connectivity index (χ3v) is 4.38. The van der Waals surface area contributed by atoms with E-state index in [0.717, 1.165) is 5.75 Å². The number of benzene rings is 1. The van der Waals surface area contributed by atoms with Crippen molar-refractivity contribution in [1.29, 1.82) is 0 Å². The number of amides is 1. The van der Waals surface area contributed by atoms with Gasteiger partial charge in [-0.2, -0.15) is 0 Å². The Bertz CT molecular complexity index is 464. The smallest absolute Gasteiger partial charge is 0.223 e. The van der Waals surface area contributed by atoms with Gasteiger partial charge in [-0.3, -0.25) is 4.79 Å². The largest absolute Gasteiger partial charge is 0.394 e. The van der Waals surface area contributed by atoms with E-state index in [-0.39, 0.29) is 18.6 Å². The molecule has 1 aromatic rings. The Labute approximate surface area is 130 Å². The lowest BCUT2D eigenvalue weighted by atomic mass is 10.1. The van der Waals surface area contributed by atoms with E-state index < -0.39 is 5.60 Å². The number of hydrogen-bond acceptors (Lipinski definition) is 4. The summed E-state index contributed by atoms with van der Waals surface area (Å²) in [4.78, 5) is 15.3. The highest BCUT2D eigenvalue weighted by Crippen LogP contribution is 2.23. The standard InChI is InChI=1S/C16H23NO3S/c1-16(2)12-17(10-13(11-18)20-16)15(19)8-9-21-14-6-4-3-5-7-14/h3-7,13,18H,8-12H2,1-2H3. The second-order valence-electron chi connectivity index (χ2n) is 5.87. The molecule has 4 nitrogen and oxygen atoms in total. The molecule has 1 aliphatic rings. The van der Waals surface area contributed by atoms with Crippen molar-refractivity contribution in [3.63, 3.8) is 0 Å². The first-order valence-corrected chi connectivity index (χ1v) is 8.23. The Kier molecular flexibility index (Phi) is 5.67. The van der Waals surface area contributed by atoms with Crippen LogP contribution in [0.25, 0.3) is 0 Å². The summed E-state index contributed by atoms with van der Waals surface area (Å²) in [5.41, 5.74) is -0.395. The molecule has 1 heterocycles. The van der Waals surface area contributed by atoms with Crippen LogP contribution in [0.3, 0.4) is 0 Å². The lowest BCUT2D eigenvalue weighted by Gasteiger charge is -2.42. The van der Waals surface area contributed by atoms with E-state index in [2.05, 4.69) is 12.1 Å². The van der Waals surface area contributed by atoms with E-state index in [1.165, 1.54) is 4.90 Å². The molecule has 0 bridgehead atoms. The van der Waals surface area contributed by atoms with E-state index in [1.807, 2.05) is 36.9 Å². The maximum Gasteiger partial charge on any atom is 0.223 e. The predicted octanol–water partition coefficient (Wildman–Crippen LogP) is 2.17. The van der Waals surface area contributed by atoms with Crippen LogP contribution in [0.1, 0.15) is 20.3 Å². The molecular formula is C16H23NO3S. The van der Waals surface area contributed by atoms with Gasteiger partial charge in [0.05, 0.1) is 18.3 Å². The van der Waals surface area contributed by atoms with Gasteiger partial charge in [0.25, 0.3) is 0 Å². The third-order valence-electron chi connectivity index (χ3n) is 3.37. The Morgan fingerprint density at radius 2 is 2.14 bits per heavy atom. The molecule has 116 valence electrons. The van der Waals surface area contributed by atoms with E-state index in [9.17, 15) is 9.90 Å². The average Bonchev–Trinajstić information content (AvgIpc) is 2.46. The molecule has 0 aromatic heterocycles. The Balaban J connectivity index is 1.82. The van der Waals surface area contributed by atoms with Gasteiger partial charge in [0.1, 0.15) is 0 Å². The highest BCUT2D eigenvalue weighted by Gasteiger charge is 2.34. The quantitative estimate of drug-likeness (QED) is 0.847. The number of nitrogens with zero attached hydrogens (tertiary/aromatic N) is 1. The summed E-state index contributed by atoms with van der Waals surface area (Å²) < 4.78 is 5.73. The molecule has 1 aliphatic heterocycles. The molecule has 1 fully saturated rings. The predicted molar refractivity (Wildman–Crippen MR) is 84.4 cm³/mol. The number of rotatable bonds is 5. The van der Waals surface area contributed by atoms with Gasteiger partial charge in [-0.15, -0.1) is 11.8 Å². The molecule has 5 heteroatoms. The minimum Gasteiger partial charge on any atom is -0.394 e. The van der Waals surface area contributed by atoms with E-state index in [4.69, 9.17) is 4.74 Å². The molecular weight excluding hydrogens is 286 g/mol. The molecule has 0 saturated carbocycles. The number of hydrogen-bond donors (Lipinski definition) is 1. The van der Waals surface area contributed by atoms with Crippen molar-refractivity contribution in [3.05, 3.63) is 30.3 Å². The minimum absolute atomic E-state index is 0.0496. The number of aliphatic hydroxyl groups is 1. The van der Waals surface area contributed by atoms with Crippen LogP contribution in [0.15, 0.2) is 35.2 Å². The fourth-order valence-electron chi connectivity index (χ4n) is 2.51. The molecule has 1 aromatic carbocycles. The summed E-state index contributed by atoms with van der Waals surface area (Å²) in [6.07, 6.45) is 0.229. The highest BCUT2D eigenvalue weighted by molar-refractivity contribution is 7.99. The van der Waals surface area contributed by atoms with Gasteiger partial charge in [-0.1, -0.05) is 18.2 Å². The second kappa shape index (κ2) is 7.29. The zero-order chi connectivity index (χ0) is 15.3. The molecule has 1 unspecified atom stereocenters. The molecule has 1 saturated heterocycles. The number of thioether (sulfide) groups is 1. The van der Waals surface area contributed by atoms with Crippen molar-refractivity contribution in [3.8, 4) is 0 Å². The molecule has 2 rings (SSSR count). The summed E-state index contributed by atoms with van der Waals surface area (Å²) >= 11 is 1.69. The van der Waals surface area contributed by atoms with E-state index in [0.29, 0.717) is 19.5 Å². The van der Waals surface area contributed by atoms with Crippen molar-refractivity contribution < 1.29 is 14.6 Å². The fourth-order valence-corrected chi connectivity index (χ4v) is 3.37. The minimum atomic E-state index is -0.395. The van der Waals surface area contributed by atoms with Crippen LogP contribution in [0.2, 0.25) is 0 Å². The van der Waals surface area contributed by atoms with Gasteiger partial charge in [0, 0.05) is 30.2 Å². The Hall–Kier alpha value is -1.04. The summed E-state index contributed by atoms with van der Waals surface area (Å²) in [7, 11) is 0. The van der Waals surface area contributed by atoms with Gasteiger partial charge in [-0.05, 0) is 26.0 Å². The molecule has 0 spiro atoms. The maximum absolute atomic E-state index is 12.3. The summed E-state index contributed by atoms with van der Waals surface area (Å²) in [6.45, 7) is 4.92. The van der Waals surface area contributed by atoms with Gasteiger partial charge >= 0.3 is 0 Å². The number of carbonyl (C=O) groups is 1. The first-order chi connectivity index (χ1) is 10.00. The average molecular weight is 309 g/mol. The highest BCUT2D eigenvalue weighted by atomic mass is 32.2. The van der Waals surface area contributed by atoms with E-state index in [1.54, 1.807) is 11.8 Å². The summed E-state index contributed by atoms with van der Waals surface area (Å²) in [5.74, 6) is 0.901. The monoisotopic (exact) mass is 309 g/mol. The van der Waals surface area contributed by atoms with Crippen molar-refractivity contribution in [2.24, 2.45) is 0 Å². The van der Waals surface area contributed by atoms with Crippen molar-refractivity contribution >= 4 is 17.7 Å². The van der Waals surface area contributed by atoms with Crippen LogP contribution in [0, 0.1) is 0 Å². The van der Waals surface area contributed by atoms with Crippen molar-refractivity contribution in [2.75, 3.05) is 25.4 Å². The number of aliphatic hydroxyl groups excluding tert-OH is 1. The Morgan fingerprint density at radius 1 is 1.43 bits per heavy atom. The number of ether oxygens (including phenoxy) is 1. The zero-order valence-electron chi connectivity index (χ0n) is 12.6. The topological polar surface area (TPSA) is 49.8 Å². The van der Waals surface area contributed by atoms with Crippen LogP contribution < -0.4 is 0 Å². The lowest BCUT2D eigenvalue weighted by molar-refractivity contribution is -0.166. The van der Waals surface area contributed by atoms with E-state index >= 15 is 0 Å². The normalized spacial score (nSPS) is 21.3.